The second-order valence-corrected chi connectivity index (χ2v) is 8.84. The molecule has 0 spiro atoms. The Kier molecular flexibility index (Phi) is 8.93. The van der Waals surface area contributed by atoms with Crippen LogP contribution in [-0.4, -0.2) is 29.8 Å². The molecule has 0 fully saturated rings. The normalized spacial score (nSPS) is 11.6. The van der Waals surface area contributed by atoms with Crippen LogP contribution in [0.15, 0.2) is 72.8 Å². The highest BCUT2D eigenvalue weighted by Crippen LogP contribution is 2.27. The number of hydrogen-bond acceptors (Lipinski definition) is 2. The Hall–Kier alpha value is -2.82. The van der Waals surface area contributed by atoms with E-state index in [9.17, 15) is 9.59 Å². The molecule has 0 aliphatic rings. The van der Waals surface area contributed by atoms with Gasteiger partial charge in [-0.25, -0.2) is 0 Å². The van der Waals surface area contributed by atoms with Gasteiger partial charge in [0.05, 0.1) is 0 Å². The van der Waals surface area contributed by atoms with Crippen LogP contribution in [0.25, 0.3) is 0 Å². The van der Waals surface area contributed by atoms with Crippen molar-refractivity contribution in [2.24, 2.45) is 0 Å². The second kappa shape index (κ2) is 11.9. The van der Waals surface area contributed by atoms with Gasteiger partial charge in [-0.3, -0.25) is 9.59 Å². The third kappa shape index (κ3) is 6.83. The Balaban J connectivity index is 1.91. The van der Waals surface area contributed by atoms with Crippen molar-refractivity contribution in [2.75, 3.05) is 7.05 Å². The van der Waals surface area contributed by atoms with Gasteiger partial charge in [-0.15, -0.1) is 0 Å². The van der Waals surface area contributed by atoms with Crippen LogP contribution < -0.4 is 5.32 Å². The lowest BCUT2D eigenvalue weighted by atomic mass is 10.0. The van der Waals surface area contributed by atoms with Gasteiger partial charge in [0.1, 0.15) is 6.04 Å². The van der Waals surface area contributed by atoms with Gasteiger partial charge >= 0.3 is 0 Å². The SMILES string of the molecule is CNC(=O)[C@@H](Cc1ccccc1)N(Cc1c(Cl)cccc1Cl)C(=O)CCc1ccc(C)cc1. The molecule has 0 saturated carbocycles. The Morgan fingerprint density at radius 3 is 2.12 bits per heavy atom. The van der Waals surface area contributed by atoms with E-state index >= 15 is 0 Å². The lowest BCUT2D eigenvalue weighted by molar-refractivity contribution is -0.141. The Morgan fingerprint density at radius 2 is 1.52 bits per heavy atom. The Morgan fingerprint density at radius 1 is 0.879 bits per heavy atom. The monoisotopic (exact) mass is 482 g/mol. The molecule has 0 unspecified atom stereocenters. The van der Waals surface area contributed by atoms with Crippen LogP contribution in [0.2, 0.25) is 10.0 Å². The zero-order valence-electron chi connectivity index (χ0n) is 18.9. The van der Waals surface area contributed by atoms with E-state index in [1.54, 1.807) is 30.1 Å². The molecule has 4 nitrogen and oxygen atoms in total. The maximum atomic E-state index is 13.5. The average Bonchev–Trinajstić information content (AvgIpc) is 2.82. The molecule has 172 valence electrons. The van der Waals surface area contributed by atoms with Gasteiger partial charge in [-0.05, 0) is 36.6 Å². The van der Waals surface area contributed by atoms with Crippen molar-refractivity contribution in [3.63, 3.8) is 0 Å². The highest BCUT2D eigenvalue weighted by molar-refractivity contribution is 6.36. The van der Waals surface area contributed by atoms with Crippen LogP contribution in [-0.2, 0) is 29.0 Å². The average molecular weight is 483 g/mol. The summed E-state index contributed by atoms with van der Waals surface area (Å²) in [6.45, 7) is 2.18. The lowest BCUT2D eigenvalue weighted by Crippen LogP contribution is -2.49. The smallest absolute Gasteiger partial charge is 0.242 e. The zero-order valence-corrected chi connectivity index (χ0v) is 20.4. The number of nitrogens with one attached hydrogen (secondary N) is 1. The molecular formula is C27H28Cl2N2O2. The number of halogens is 2. The van der Waals surface area contributed by atoms with Gasteiger partial charge < -0.3 is 10.2 Å². The summed E-state index contributed by atoms with van der Waals surface area (Å²) in [7, 11) is 1.58. The first kappa shape index (κ1) is 24.8. The first-order chi connectivity index (χ1) is 15.9. The molecule has 3 rings (SSSR count). The molecule has 0 saturated heterocycles. The molecule has 2 amide bonds. The summed E-state index contributed by atoms with van der Waals surface area (Å²) in [4.78, 5) is 28.1. The van der Waals surface area contributed by atoms with E-state index in [1.165, 1.54) is 5.56 Å². The number of likely N-dealkylation sites (N-methyl/N-ethyl adjacent to an activating group) is 1. The third-order valence-electron chi connectivity index (χ3n) is 5.66. The van der Waals surface area contributed by atoms with E-state index in [-0.39, 0.29) is 24.8 Å². The largest absolute Gasteiger partial charge is 0.357 e. The first-order valence-corrected chi connectivity index (χ1v) is 11.7. The molecule has 0 aliphatic heterocycles. The van der Waals surface area contributed by atoms with E-state index in [0.29, 0.717) is 28.5 Å². The van der Waals surface area contributed by atoms with Crippen molar-refractivity contribution in [3.8, 4) is 0 Å². The maximum absolute atomic E-state index is 13.5. The Bertz CT molecular complexity index is 1060. The van der Waals surface area contributed by atoms with Crippen molar-refractivity contribution in [1.29, 1.82) is 0 Å². The van der Waals surface area contributed by atoms with Crippen molar-refractivity contribution >= 4 is 35.0 Å². The molecule has 3 aromatic carbocycles. The molecule has 6 heteroatoms. The minimum Gasteiger partial charge on any atom is -0.357 e. The molecule has 33 heavy (non-hydrogen) atoms. The standard InChI is InChI=1S/C27H28Cl2N2O2/c1-19-11-13-20(14-12-19)15-16-26(32)31(18-22-23(28)9-6-10-24(22)29)25(27(33)30-2)17-21-7-4-3-5-8-21/h3-14,25H,15-18H2,1-2H3,(H,30,33)/t25-/m1/s1. The third-order valence-corrected chi connectivity index (χ3v) is 6.36. The van der Waals surface area contributed by atoms with Crippen LogP contribution >= 0.6 is 23.2 Å². The van der Waals surface area contributed by atoms with Gasteiger partial charge in [-0.1, -0.05) is 89.4 Å². The highest BCUT2D eigenvalue weighted by Gasteiger charge is 2.30. The van der Waals surface area contributed by atoms with Crippen molar-refractivity contribution in [2.45, 2.75) is 38.8 Å². The van der Waals surface area contributed by atoms with Gasteiger partial charge in [0.15, 0.2) is 0 Å². The summed E-state index contributed by atoms with van der Waals surface area (Å²) in [5.74, 6) is -0.359. The topological polar surface area (TPSA) is 49.4 Å². The highest BCUT2D eigenvalue weighted by atomic mass is 35.5. The summed E-state index contributed by atoms with van der Waals surface area (Å²) in [6, 6.07) is 22.3. The molecular weight excluding hydrogens is 455 g/mol. The summed E-state index contributed by atoms with van der Waals surface area (Å²) in [5, 5.41) is 3.65. The molecule has 1 atom stereocenters. The molecule has 0 aromatic heterocycles. The quantitative estimate of drug-likeness (QED) is 0.430. The number of carbonyl (C=O) groups is 2. The van der Waals surface area contributed by atoms with Crippen LogP contribution in [0.4, 0.5) is 0 Å². The molecule has 1 N–H and O–H groups in total. The van der Waals surface area contributed by atoms with Gasteiger partial charge in [-0.2, -0.15) is 0 Å². The van der Waals surface area contributed by atoms with Crippen LogP contribution in [0, 0.1) is 6.92 Å². The first-order valence-electron chi connectivity index (χ1n) is 10.9. The van der Waals surface area contributed by atoms with E-state index in [1.807, 2.05) is 61.5 Å². The minimum absolute atomic E-state index is 0.129. The number of nitrogens with zero attached hydrogens (tertiary/aromatic N) is 1. The molecule has 0 radical (unpaired) electrons. The number of aryl methyl sites for hydroxylation is 2. The molecule has 0 heterocycles. The van der Waals surface area contributed by atoms with E-state index in [2.05, 4.69) is 5.32 Å². The van der Waals surface area contributed by atoms with Gasteiger partial charge in [0, 0.05) is 42.0 Å². The second-order valence-electron chi connectivity index (χ2n) is 8.03. The zero-order chi connectivity index (χ0) is 23.8. The summed E-state index contributed by atoms with van der Waals surface area (Å²) < 4.78 is 0. The van der Waals surface area contributed by atoms with E-state index in [0.717, 1.165) is 11.1 Å². The predicted molar refractivity (Wildman–Crippen MR) is 135 cm³/mol. The van der Waals surface area contributed by atoms with Crippen molar-refractivity contribution < 1.29 is 9.59 Å². The van der Waals surface area contributed by atoms with Crippen LogP contribution in [0.3, 0.4) is 0 Å². The fourth-order valence-electron chi connectivity index (χ4n) is 3.72. The van der Waals surface area contributed by atoms with Crippen LogP contribution in [0.5, 0.6) is 0 Å². The molecule has 0 aliphatic carbocycles. The predicted octanol–water partition coefficient (Wildman–Crippen LogP) is 5.62. The maximum Gasteiger partial charge on any atom is 0.242 e. The fourth-order valence-corrected chi connectivity index (χ4v) is 4.24. The summed E-state index contributed by atoms with van der Waals surface area (Å²) in [5.41, 5.74) is 3.84. The number of benzene rings is 3. The number of rotatable bonds is 9. The van der Waals surface area contributed by atoms with Gasteiger partial charge in [0.25, 0.3) is 0 Å². The van der Waals surface area contributed by atoms with Crippen LogP contribution in [0.1, 0.15) is 28.7 Å². The lowest BCUT2D eigenvalue weighted by Gasteiger charge is -2.32. The molecule has 0 bridgehead atoms. The minimum atomic E-state index is -0.699. The van der Waals surface area contributed by atoms with E-state index in [4.69, 9.17) is 23.2 Å². The van der Waals surface area contributed by atoms with E-state index < -0.39 is 6.04 Å². The number of carbonyl (C=O) groups excluding carboxylic acids is 2. The number of amides is 2. The van der Waals surface area contributed by atoms with Crippen molar-refractivity contribution in [1.82, 2.24) is 10.2 Å². The number of hydrogen-bond donors (Lipinski definition) is 1. The van der Waals surface area contributed by atoms with Gasteiger partial charge in [0.2, 0.25) is 11.8 Å². The Labute approximate surface area is 205 Å². The fraction of sp³-hybridized carbons (Fsp3) is 0.259. The summed E-state index contributed by atoms with van der Waals surface area (Å²) >= 11 is 12.8. The van der Waals surface area contributed by atoms with Crippen molar-refractivity contribution in [3.05, 3.63) is 105 Å². The summed E-state index contributed by atoms with van der Waals surface area (Å²) in [6.07, 6.45) is 1.24. The molecule has 3 aromatic rings.